The number of fused-ring (bicyclic) bond motifs is 3. The van der Waals surface area contributed by atoms with Crippen LogP contribution in [0.25, 0.3) is 22.3 Å². The lowest BCUT2D eigenvalue weighted by atomic mass is 9.85. The lowest BCUT2D eigenvalue weighted by Crippen LogP contribution is -2.22. The Hall–Kier alpha value is -4.46. The van der Waals surface area contributed by atoms with Crippen molar-refractivity contribution in [3.8, 4) is 40.1 Å². The molecule has 8 nitrogen and oxygen atoms in total. The molecule has 0 spiro atoms. The van der Waals surface area contributed by atoms with E-state index in [1.807, 2.05) is 12.1 Å². The summed E-state index contributed by atoms with van der Waals surface area (Å²) < 4.78 is 16.7. The fraction of sp³-hybridized carbons (Fsp3) is 0.120. The average Bonchev–Trinajstić information content (AvgIpc) is 2.79. The summed E-state index contributed by atoms with van der Waals surface area (Å²) in [5.74, 6) is -1.19. The van der Waals surface area contributed by atoms with E-state index in [9.17, 15) is 24.9 Å². The standard InChI is InChI=1S/C25H18O8/c1-31-14-5-2-12(3-6-14)15-9-22(30)32-21-11-19(29)24-18(28)10-20(33-25(24)23(15)21)13-4-7-16(26)17(27)8-13/h2-8,10-11,15,26-27,29H,9H2,1H3. The number of methoxy groups -OCH3 is 1. The van der Waals surface area contributed by atoms with Crippen molar-refractivity contribution in [2.45, 2.75) is 12.3 Å². The SMILES string of the molecule is COc1ccc(C2CC(=O)Oc3cc(O)c4c(=O)cc(-c5ccc(O)c(O)c5)oc4c32)cc1. The molecule has 5 rings (SSSR count). The molecule has 0 saturated heterocycles. The number of ether oxygens (including phenoxy) is 2. The number of rotatable bonds is 3. The molecule has 0 aliphatic carbocycles. The van der Waals surface area contributed by atoms with Crippen LogP contribution in [0.3, 0.4) is 0 Å². The summed E-state index contributed by atoms with van der Waals surface area (Å²) in [5.41, 5.74) is 1.14. The molecule has 8 heteroatoms. The molecule has 1 atom stereocenters. The third-order valence-corrected chi connectivity index (χ3v) is 5.70. The molecule has 1 unspecified atom stereocenters. The van der Waals surface area contributed by atoms with Gasteiger partial charge in [0.1, 0.15) is 34.0 Å². The molecule has 4 aromatic rings. The van der Waals surface area contributed by atoms with Crippen molar-refractivity contribution in [3.63, 3.8) is 0 Å². The maximum Gasteiger partial charge on any atom is 0.312 e. The van der Waals surface area contributed by atoms with Gasteiger partial charge in [0.2, 0.25) is 0 Å². The number of carbonyl (C=O) groups is 1. The van der Waals surface area contributed by atoms with Crippen LogP contribution in [-0.2, 0) is 4.79 Å². The molecule has 1 aliphatic rings. The smallest absolute Gasteiger partial charge is 0.312 e. The Morgan fingerprint density at radius 3 is 2.36 bits per heavy atom. The largest absolute Gasteiger partial charge is 0.507 e. The van der Waals surface area contributed by atoms with Crippen LogP contribution >= 0.6 is 0 Å². The highest BCUT2D eigenvalue weighted by atomic mass is 16.5. The van der Waals surface area contributed by atoms with Crippen LogP contribution in [0.15, 0.2) is 63.8 Å². The van der Waals surface area contributed by atoms with Gasteiger partial charge >= 0.3 is 5.97 Å². The highest BCUT2D eigenvalue weighted by Crippen LogP contribution is 2.46. The highest BCUT2D eigenvalue weighted by Gasteiger charge is 2.33. The van der Waals surface area contributed by atoms with E-state index in [1.165, 1.54) is 30.3 Å². The van der Waals surface area contributed by atoms with Crippen LogP contribution in [0.2, 0.25) is 0 Å². The van der Waals surface area contributed by atoms with Crippen LogP contribution < -0.4 is 14.9 Å². The summed E-state index contributed by atoms with van der Waals surface area (Å²) >= 11 is 0. The van der Waals surface area contributed by atoms with E-state index in [0.29, 0.717) is 16.9 Å². The van der Waals surface area contributed by atoms with Gasteiger partial charge in [0.15, 0.2) is 16.9 Å². The molecule has 166 valence electrons. The van der Waals surface area contributed by atoms with Gasteiger partial charge in [0, 0.05) is 29.2 Å². The summed E-state index contributed by atoms with van der Waals surface area (Å²) in [5, 5.41) is 29.9. The molecular formula is C25H18O8. The Labute approximate surface area is 186 Å². The van der Waals surface area contributed by atoms with Gasteiger partial charge in [-0.1, -0.05) is 12.1 Å². The molecule has 2 heterocycles. The van der Waals surface area contributed by atoms with Gasteiger partial charge in [0.25, 0.3) is 0 Å². The van der Waals surface area contributed by atoms with Crippen molar-refractivity contribution in [1.29, 1.82) is 0 Å². The third-order valence-electron chi connectivity index (χ3n) is 5.70. The van der Waals surface area contributed by atoms with Crippen LogP contribution in [-0.4, -0.2) is 28.4 Å². The molecule has 3 aromatic carbocycles. The Kier molecular flexibility index (Phi) is 4.70. The molecule has 3 N–H and O–H groups in total. The number of phenols is 3. The predicted molar refractivity (Wildman–Crippen MR) is 118 cm³/mol. The van der Waals surface area contributed by atoms with Gasteiger partial charge in [-0.2, -0.15) is 0 Å². The second-order valence-electron chi connectivity index (χ2n) is 7.69. The van der Waals surface area contributed by atoms with Gasteiger partial charge < -0.3 is 29.2 Å². The fourth-order valence-corrected chi connectivity index (χ4v) is 4.10. The fourth-order valence-electron chi connectivity index (χ4n) is 4.10. The molecular weight excluding hydrogens is 428 g/mol. The van der Waals surface area contributed by atoms with E-state index in [0.717, 1.165) is 5.56 Å². The molecule has 0 fully saturated rings. The lowest BCUT2D eigenvalue weighted by Gasteiger charge is -2.26. The van der Waals surface area contributed by atoms with Crippen molar-refractivity contribution in [1.82, 2.24) is 0 Å². The summed E-state index contributed by atoms with van der Waals surface area (Å²) in [6, 6.07) is 13.6. The normalized spacial score (nSPS) is 15.2. The molecule has 0 bridgehead atoms. The zero-order chi connectivity index (χ0) is 23.3. The minimum atomic E-state index is -0.510. The van der Waals surface area contributed by atoms with Gasteiger partial charge in [-0.3, -0.25) is 9.59 Å². The molecule has 0 saturated carbocycles. The number of hydrogen-bond acceptors (Lipinski definition) is 8. The molecule has 33 heavy (non-hydrogen) atoms. The highest BCUT2D eigenvalue weighted by molar-refractivity contribution is 5.93. The van der Waals surface area contributed by atoms with Gasteiger partial charge in [0.05, 0.1) is 13.5 Å². The van der Waals surface area contributed by atoms with E-state index < -0.39 is 17.3 Å². The maximum atomic E-state index is 13.0. The second-order valence-corrected chi connectivity index (χ2v) is 7.69. The minimum absolute atomic E-state index is 0.00708. The third kappa shape index (κ3) is 3.41. The first-order chi connectivity index (χ1) is 15.9. The second kappa shape index (κ2) is 7.59. The first-order valence-electron chi connectivity index (χ1n) is 10.1. The average molecular weight is 446 g/mol. The first-order valence-corrected chi connectivity index (χ1v) is 10.1. The number of carbonyl (C=O) groups excluding carboxylic acids is 1. The zero-order valence-corrected chi connectivity index (χ0v) is 17.4. The topological polar surface area (TPSA) is 126 Å². The van der Waals surface area contributed by atoms with E-state index in [2.05, 4.69) is 0 Å². The van der Waals surface area contributed by atoms with Crippen molar-refractivity contribution in [3.05, 3.63) is 75.9 Å². The Morgan fingerprint density at radius 1 is 0.909 bits per heavy atom. The van der Waals surface area contributed by atoms with Crippen molar-refractivity contribution < 1.29 is 34.0 Å². The lowest BCUT2D eigenvalue weighted by molar-refractivity contribution is -0.135. The van der Waals surface area contributed by atoms with E-state index in [1.54, 1.807) is 19.2 Å². The van der Waals surface area contributed by atoms with Crippen molar-refractivity contribution in [2.24, 2.45) is 0 Å². The van der Waals surface area contributed by atoms with E-state index in [-0.39, 0.29) is 46.1 Å². The van der Waals surface area contributed by atoms with Crippen LogP contribution in [0, 0.1) is 0 Å². The van der Waals surface area contributed by atoms with E-state index >= 15 is 0 Å². The Balaban J connectivity index is 1.79. The number of hydrogen-bond donors (Lipinski definition) is 3. The maximum absolute atomic E-state index is 13.0. The quantitative estimate of drug-likeness (QED) is 0.245. The Morgan fingerprint density at radius 2 is 1.67 bits per heavy atom. The van der Waals surface area contributed by atoms with Crippen LogP contribution in [0.4, 0.5) is 0 Å². The van der Waals surface area contributed by atoms with Gasteiger partial charge in [-0.15, -0.1) is 0 Å². The van der Waals surface area contributed by atoms with Crippen LogP contribution in [0.1, 0.15) is 23.5 Å². The zero-order valence-electron chi connectivity index (χ0n) is 17.4. The monoisotopic (exact) mass is 446 g/mol. The summed E-state index contributed by atoms with van der Waals surface area (Å²) in [6.45, 7) is 0. The summed E-state index contributed by atoms with van der Waals surface area (Å²) in [7, 11) is 1.55. The van der Waals surface area contributed by atoms with Crippen molar-refractivity contribution in [2.75, 3.05) is 7.11 Å². The Bertz CT molecular complexity index is 1470. The van der Waals surface area contributed by atoms with Gasteiger partial charge in [-0.25, -0.2) is 0 Å². The summed E-state index contributed by atoms with van der Waals surface area (Å²) in [4.78, 5) is 25.3. The number of phenolic OH excluding ortho intramolecular Hbond substituents is 3. The molecule has 0 amide bonds. The molecule has 0 radical (unpaired) electrons. The van der Waals surface area contributed by atoms with E-state index in [4.69, 9.17) is 13.9 Å². The molecule has 1 aromatic heterocycles. The summed E-state index contributed by atoms with van der Waals surface area (Å²) in [6.07, 6.45) is 0.00708. The van der Waals surface area contributed by atoms with Gasteiger partial charge in [-0.05, 0) is 35.9 Å². The number of aromatic hydroxyl groups is 3. The predicted octanol–water partition coefficient (Wildman–Crippen LogP) is 4.03. The number of benzene rings is 3. The number of esters is 1. The first kappa shape index (κ1) is 20.4. The van der Waals surface area contributed by atoms with Crippen LogP contribution in [0.5, 0.6) is 28.7 Å². The van der Waals surface area contributed by atoms with Crippen molar-refractivity contribution >= 4 is 16.9 Å². The minimum Gasteiger partial charge on any atom is -0.507 e. The molecule has 1 aliphatic heterocycles.